The molecule has 0 unspecified atom stereocenters. The highest BCUT2D eigenvalue weighted by Gasteiger charge is 2.24. The molecule has 0 fully saturated rings. The second-order valence-corrected chi connectivity index (χ2v) is 17.1. The Hall–Kier alpha value is -7.92. The smallest absolute Gasteiger partial charge is 0.143 e. The minimum atomic E-state index is 0.862. The standard InChI is InChI=1S/C58H36N2OS/c1-2-17-42-38(14-1)32-35-48-57-52(26-13-27-53(57)61-58(42)48)59(51-25-9-5-20-45(51)46-22-12-29-55-56(46)47-21-6-10-28-54(47)62-55)40-33-30-37(31-34-40)39-15-11-16-41(36-39)60-49-23-7-3-18-43(49)44-19-4-8-24-50(44)60/h1-36H. The average molecular weight is 809 g/mol. The quantitative estimate of drug-likeness (QED) is 0.167. The number of benzene rings is 10. The number of hydrogen-bond acceptors (Lipinski definition) is 3. The zero-order valence-electron chi connectivity index (χ0n) is 33.5. The number of fused-ring (bicyclic) bond motifs is 11. The zero-order valence-corrected chi connectivity index (χ0v) is 34.3. The summed E-state index contributed by atoms with van der Waals surface area (Å²) >= 11 is 1.86. The number of anilines is 3. The molecule has 0 saturated carbocycles. The molecule has 13 aromatic rings. The summed E-state index contributed by atoms with van der Waals surface area (Å²) in [6, 6.07) is 79.2. The van der Waals surface area contributed by atoms with Crippen LogP contribution in [0.1, 0.15) is 0 Å². The maximum Gasteiger partial charge on any atom is 0.143 e. The van der Waals surface area contributed by atoms with Crippen LogP contribution in [0.4, 0.5) is 17.1 Å². The van der Waals surface area contributed by atoms with Crippen LogP contribution in [0, 0.1) is 0 Å². The van der Waals surface area contributed by atoms with E-state index < -0.39 is 0 Å². The fourth-order valence-corrected chi connectivity index (χ4v) is 11.0. The van der Waals surface area contributed by atoms with Crippen LogP contribution in [0.25, 0.3) is 103 Å². The number of thiophene rings is 1. The van der Waals surface area contributed by atoms with Crippen LogP contribution in [-0.4, -0.2) is 4.57 Å². The predicted molar refractivity (Wildman–Crippen MR) is 264 cm³/mol. The third-order valence-electron chi connectivity index (χ3n) is 12.6. The van der Waals surface area contributed by atoms with Crippen LogP contribution in [0.5, 0.6) is 0 Å². The largest absolute Gasteiger partial charge is 0.455 e. The van der Waals surface area contributed by atoms with Gasteiger partial charge in [-0.3, -0.25) is 0 Å². The summed E-state index contributed by atoms with van der Waals surface area (Å²) in [5, 5.41) is 9.56. The Morgan fingerprint density at radius 1 is 0.403 bits per heavy atom. The Kier molecular flexibility index (Phi) is 7.78. The summed E-state index contributed by atoms with van der Waals surface area (Å²) < 4.78 is 11.7. The Balaban J connectivity index is 1.01. The SMILES string of the molecule is c1cc(-c2ccc(N(c3ccccc3-c3cccc4sc5ccccc5c34)c3cccc4oc5c6ccccc6ccc5c34)cc2)cc(-n2c3ccccc3c3ccccc32)c1. The van der Waals surface area contributed by atoms with Crippen LogP contribution < -0.4 is 4.90 Å². The molecule has 0 bridgehead atoms. The lowest BCUT2D eigenvalue weighted by Gasteiger charge is -2.29. The van der Waals surface area contributed by atoms with E-state index in [1.807, 2.05) is 11.3 Å². The molecular weight excluding hydrogens is 773 g/mol. The third-order valence-corrected chi connectivity index (χ3v) is 13.7. The Morgan fingerprint density at radius 3 is 1.89 bits per heavy atom. The lowest BCUT2D eigenvalue weighted by molar-refractivity contribution is 0.672. The highest BCUT2D eigenvalue weighted by atomic mass is 32.1. The van der Waals surface area contributed by atoms with Gasteiger partial charge in [-0.15, -0.1) is 11.3 Å². The van der Waals surface area contributed by atoms with Crippen LogP contribution in [0.3, 0.4) is 0 Å². The van der Waals surface area contributed by atoms with E-state index in [1.165, 1.54) is 53.1 Å². The van der Waals surface area contributed by atoms with Crippen LogP contribution in [0.15, 0.2) is 223 Å². The van der Waals surface area contributed by atoms with Gasteiger partial charge in [0.1, 0.15) is 11.2 Å². The van der Waals surface area contributed by atoms with Gasteiger partial charge in [-0.05, 0) is 94.9 Å². The van der Waals surface area contributed by atoms with Gasteiger partial charge in [0, 0.05) is 58.7 Å². The van der Waals surface area contributed by atoms with Crippen molar-refractivity contribution in [1.29, 1.82) is 0 Å². The second kappa shape index (κ2) is 13.8. The first kappa shape index (κ1) is 34.9. The molecule has 3 nitrogen and oxygen atoms in total. The van der Waals surface area contributed by atoms with Crippen molar-refractivity contribution >= 4 is 103 Å². The minimum Gasteiger partial charge on any atom is -0.455 e. The molecule has 3 heterocycles. The van der Waals surface area contributed by atoms with Crippen molar-refractivity contribution in [3.05, 3.63) is 218 Å². The number of hydrogen-bond donors (Lipinski definition) is 0. The van der Waals surface area contributed by atoms with Gasteiger partial charge in [0.15, 0.2) is 0 Å². The van der Waals surface area contributed by atoms with Crippen molar-refractivity contribution in [1.82, 2.24) is 4.57 Å². The summed E-state index contributed by atoms with van der Waals surface area (Å²) in [5.41, 5.74) is 13.2. The molecule has 0 amide bonds. The van der Waals surface area contributed by atoms with Crippen molar-refractivity contribution in [3.8, 4) is 27.9 Å². The molecule has 0 aliphatic heterocycles. The lowest BCUT2D eigenvalue weighted by Crippen LogP contribution is -2.11. The molecule has 0 aliphatic carbocycles. The van der Waals surface area contributed by atoms with E-state index in [4.69, 9.17) is 4.42 Å². The van der Waals surface area contributed by atoms with E-state index in [2.05, 4.69) is 228 Å². The van der Waals surface area contributed by atoms with Crippen LogP contribution in [-0.2, 0) is 0 Å². The van der Waals surface area contributed by atoms with Crippen LogP contribution in [0.2, 0.25) is 0 Å². The molecule has 10 aromatic carbocycles. The summed E-state index contributed by atoms with van der Waals surface area (Å²) in [6.45, 7) is 0. The van der Waals surface area contributed by atoms with Gasteiger partial charge in [0.05, 0.1) is 27.8 Å². The van der Waals surface area contributed by atoms with Crippen LogP contribution >= 0.6 is 11.3 Å². The summed E-state index contributed by atoms with van der Waals surface area (Å²) in [7, 11) is 0. The maximum absolute atomic E-state index is 6.78. The van der Waals surface area contributed by atoms with E-state index in [1.54, 1.807) is 0 Å². The Bertz CT molecular complexity index is 3830. The fourth-order valence-electron chi connectivity index (χ4n) is 9.85. The summed E-state index contributed by atoms with van der Waals surface area (Å²) in [4.78, 5) is 2.44. The van der Waals surface area contributed by atoms with E-state index in [9.17, 15) is 0 Å². The molecule has 290 valence electrons. The highest BCUT2D eigenvalue weighted by Crippen LogP contribution is 2.49. The molecule has 62 heavy (non-hydrogen) atoms. The molecule has 0 saturated heterocycles. The van der Waals surface area contributed by atoms with Gasteiger partial charge in [-0.2, -0.15) is 0 Å². The van der Waals surface area contributed by atoms with Gasteiger partial charge >= 0.3 is 0 Å². The number of para-hydroxylation sites is 3. The number of rotatable bonds is 6. The molecule has 13 rings (SSSR count). The minimum absolute atomic E-state index is 0.862. The monoisotopic (exact) mass is 808 g/mol. The maximum atomic E-state index is 6.78. The molecule has 0 aliphatic rings. The van der Waals surface area contributed by atoms with Crippen molar-refractivity contribution < 1.29 is 4.42 Å². The van der Waals surface area contributed by atoms with E-state index in [0.29, 0.717) is 0 Å². The van der Waals surface area contributed by atoms with Crippen molar-refractivity contribution in [2.45, 2.75) is 0 Å². The molecule has 4 heteroatoms. The van der Waals surface area contributed by atoms with Gasteiger partial charge in [0.25, 0.3) is 0 Å². The average Bonchev–Trinajstić information content (AvgIpc) is 4.03. The molecule has 0 N–H and O–H groups in total. The molecule has 0 atom stereocenters. The summed E-state index contributed by atoms with van der Waals surface area (Å²) in [6.07, 6.45) is 0. The van der Waals surface area contributed by atoms with Crippen molar-refractivity contribution in [2.24, 2.45) is 0 Å². The first-order valence-corrected chi connectivity index (χ1v) is 21.9. The fraction of sp³-hybridized carbons (Fsp3) is 0. The van der Waals surface area contributed by atoms with E-state index in [0.717, 1.165) is 66.6 Å². The van der Waals surface area contributed by atoms with Gasteiger partial charge < -0.3 is 13.9 Å². The van der Waals surface area contributed by atoms with Crippen molar-refractivity contribution in [2.75, 3.05) is 4.90 Å². The zero-order chi connectivity index (χ0) is 40.7. The van der Waals surface area contributed by atoms with E-state index >= 15 is 0 Å². The second-order valence-electron chi connectivity index (χ2n) is 16.0. The first-order chi connectivity index (χ1) is 30.8. The number of aromatic nitrogens is 1. The van der Waals surface area contributed by atoms with Gasteiger partial charge in [-0.1, -0.05) is 146 Å². The Morgan fingerprint density at radius 2 is 1.05 bits per heavy atom. The number of furan rings is 1. The predicted octanol–water partition coefficient (Wildman–Crippen LogP) is 17.0. The Labute approximate surface area is 361 Å². The summed E-state index contributed by atoms with van der Waals surface area (Å²) in [5.74, 6) is 0. The molecule has 3 aromatic heterocycles. The molecular formula is C58H36N2OS. The first-order valence-electron chi connectivity index (χ1n) is 21.1. The molecule has 0 spiro atoms. The third kappa shape index (κ3) is 5.30. The topological polar surface area (TPSA) is 21.3 Å². The highest BCUT2D eigenvalue weighted by molar-refractivity contribution is 7.25. The van der Waals surface area contributed by atoms with Crippen molar-refractivity contribution in [3.63, 3.8) is 0 Å². The number of nitrogens with zero attached hydrogens (tertiary/aromatic N) is 2. The van der Waals surface area contributed by atoms with E-state index in [-0.39, 0.29) is 0 Å². The van der Waals surface area contributed by atoms with Gasteiger partial charge in [0.2, 0.25) is 0 Å². The lowest BCUT2D eigenvalue weighted by atomic mass is 9.96. The van der Waals surface area contributed by atoms with Gasteiger partial charge in [-0.25, -0.2) is 0 Å². The molecule has 0 radical (unpaired) electrons. The normalized spacial score (nSPS) is 11.9.